The van der Waals surface area contributed by atoms with Crippen LogP contribution >= 0.6 is 15.9 Å². The van der Waals surface area contributed by atoms with Crippen LogP contribution in [0.1, 0.15) is 63.2 Å². The first-order valence-corrected chi connectivity index (χ1v) is 14.6. The number of nitrogens with zero attached hydrogens (tertiary/aromatic N) is 2. The Labute approximate surface area is 361 Å². The van der Waals surface area contributed by atoms with E-state index in [9.17, 15) is 24.0 Å². The summed E-state index contributed by atoms with van der Waals surface area (Å²) in [7, 11) is 0. The fraction of sp³-hybridized carbons (Fsp3) is 0.655. The minimum atomic E-state index is -0.877. The number of rotatable bonds is 6. The molecule has 2 aliphatic rings. The molecular weight excluding hydrogens is 710 g/mol. The Balaban J connectivity index is -0.000000187. The molecule has 2 amide bonds. The van der Waals surface area contributed by atoms with E-state index in [2.05, 4.69) is 34.0 Å². The van der Waals surface area contributed by atoms with Crippen molar-refractivity contribution < 1.29 is 157 Å². The summed E-state index contributed by atoms with van der Waals surface area (Å²) >= 11 is 3.13. The van der Waals surface area contributed by atoms with Gasteiger partial charge in [-0.15, -0.1) is 13.2 Å². The van der Waals surface area contributed by atoms with Crippen molar-refractivity contribution in [2.45, 2.75) is 73.0 Å². The summed E-state index contributed by atoms with van der Waals surface area (Å²) < 4.78 is 15.2. The molecular formula is C29H47BrK2N2O11. The number of carbonyl (C=O) groups is 6. The molecule has 13 nitrogen and oxygen atoms in total. The van der Waals surface area contributed by atoms with E-state index >= 15 is 0 Å². The standard InChI is InChI=1S/C13H21NO3.C12H19NO5.C3H5Br.CH2O3.2K.H/c1-6-7-13(5)9-14(8-10(13)15)11(16)17-12(2,3)4;1-5-17-10(15)8-6-13(7-9(8)14)11(16)18-12(2,3)4;1-2-3-4;2-1-4-3;;;/h6H,1,7-9H2,2-5H3;8H,5-7H2,1-4H3;2H,1,3H2;1,3H;;;/q;;;;2*+1;-1/p-1. The van der Waals surface area contributed by atoms with Crippen LogP contribution in [0.4, 0.5) is 9.59 Å². The molecule has 0 N–H and O–H groups in total. The van der Waals surface area contributed by atoms with Crippen molar-refractivity contribution in [2.75, 3.05) is 38.1 Å². The number of allylic oxidation sites excluding steroid dienone is 2. The normalized spacial score (nSPS) is 18.4. The molecule has 0 aromatic heterocycles. The molecule has 2 rings (SSSR count). The van der Waals surface area contributed by atoms with E-state index < -0.39 is 40.7 Å². The van der Waals surface area contributed by atoms with Crippen LogP contribution in [0.25, 0.3) is 0 Å². The second-order valence-corrected chi connectivity index (χ2v) is 12.2. The van der Waals surface area contributed by atoms with Crippen molar-refractivity contribution in [3.8, 4) is 0 Å². The number of Topliss-reactive ketones (excluding diaryl/α,β-unsaturated/α-hetero) is 2. The topological polar surface area (TPSA) is 169 Å². The zero-order valence-electron chi connectivity index (χ0n) is 29.4. The van der Waals surface area contributed by atoms with E-state index in [4.69, 9.17) is 24.3 Å². The van der Waals surface area contributed by atoms with Gasteiger partial charge in [-0.2, -0.15) is 0 Å². The molecule has 2 aliphatic heterocycles. The SMILES string of the molecule is C=CCBr.C=CCC1(C)CN(C(=O)OC(C)(C)C)CC1=O.CCOC(=O)C1CN(C(=O)OC(C)(C)C)CC1=O.O=CO[O-].[H-].[K+].[K+]. The van der Waals surface area contributed by atoms with Crippen LogP contribution in [0.5, 0.6) is 0 Å². The number of alkyl halides is 1. The smallest absolute Gasteiger partial charge is 1.00 e. The van der Waals surface area contributed by atoms with Gasteiger partial charge in [0, 0.05) is 23.8 Å². The molecule has 2 fully saturated rings. The number of ether oxygens (including phenoxy) is 3. The van der Waals surface area contributed by atoms with Crippen molar-refractivity contribution in [1.82, 2.24) is 9.80 Å². The molecule has 0 bridgehead atoms. The maximum absolute atomic E-state index is 11.9. The largest absolute Gasteiger partial charge is 1.00 e. The first-order chi connectivity index (χ1) is 19.7. The molecule has 0 aromatic carbocycles. The van der Waals surface area contributed by atoms with Gasteiger partial charge in [-0.25, -0.2) is 9.59 Å². The summed E-state index contributed by atoms with van der Waals surface area (Å²) in [6, 6.07) is 0. The van der Waals surface area contributed by atoms with Gasteiger partial charge < -0.3 is 25.8 Å². The Bertz CT molecular complexity index is 983. The summed E-state index contributed by atoms with van der Waals surface area (Å²) in [5, 5.41) is 9.33. The predicted molar refractivity (Wildman–Crippen MR) is 161 cm³/mol. The molecule has 0 radical (unpaired) electrons. The van der Waals surface area contributed by atoms with E-state index in [1.807, 2.05) is 27.7 Å². The minimum Gasteiger partial charge on any atom is -1.00 e. The second kappa shape index (κ2) is 26.0. The molecule has 0 aliphatic carbocycles. The maximum atomic E-state index is 11.9. The molecule has 0 saturated carbocycles. The molecule has 2 unspecified atom stereocenters. The number of esters is 1. The van der Waals surface area contributed by atoms with Gasteiger partial charge in [0.1, 0.15) is 17.1 Å². The number of hydrogen-bond donors (Lipinski definition) is 0. The molecule has 45 heavy (non-hydrogen) atoms. The average Bonchev–Trinajstić information content (AvgIpc) is 3.42. The van der Waals surface area contributed by atoms with E-state index in [1.165, 1.54) is 9.80 Å². The molecule has 2 heterocycles. The van der Waals surface area contributed by atoms with Crippen molar-refractivity contribution in [2.24, 2.45) is 11.3 Å². The summed E-state index contributed by atoms with van der Waals surface area (Å²) in [4.78, 5) is 72.5. The Morgan fingerprint density at radius 2 is 1.44 bits per heavy atom. The number of ketones is 2. The molecule has 16 heteroatoms. The van der Waals surface area contributed by atoms with Gasteiger partial charge in [0.2, 0.25) is 0 Å². The zero-order valence-corrected chi connectivity index (χ0v) is 36.3. The number of carbonyl (C=O) groups excluding carboxylic acids is 6. The zero-order chi connectivity index (χ0) is 34.0. The van der Waals surface area contributed by atoms with E-state index in [0.29, 0.717) is 13.0 Å². The van der Waals surface area contributed by atoms with Crippen molar-refractivity contribution in [3.05, 3.63) is 25.3 Å². The number of likely N-dealkylation sites (tertiary alicyclic amines) is 2. The first kappa shape index (κ1) is 51.8. The summed E-state index contributed by atoms with van der Waals surface area (Å²) in [5.74, 6) is -1.69. The van der Waals surface area contributed by atoms with Gasteiger partial charge >= 0.3 is 121 Å². The van der Waals surface area contributed by atoms with Crippen LogP contribution in [-0.4, -0.2) is 95.3 Å². The van der Waals surface area contributed by atoms with Crippen LogP contribution in [0.2, 0.25) is 0 Å². The minimum absolute atomic E-state index is 0. The number of halogens is 1. The molecule has 0 aromatic rings. The number of amides is 2. The third kappa shape index (κ3) is 23.1. The fourth-order valence-corrected chi connectivity index (χ4v) is 3.48. The quantitative estimate of drug-likeness (QED) is 0.0323. The van der Waals surface area contributed by atoms with Gasteiger partial charge in [-0.05, 0) is 54.9 Å². The van der Waals surface area contributed by atoms with Crippen molar-refractivity contribution in [3.63, 3.8) is 0 Å². The fourth-order valence-electron chi connectivity index (χ4n) is 3.48. The summed E-state index contributed by atoms with van der Waals surface area (Å²) in [6.07, 6.45) is 3.10. The molecule has 2 saturated heterocycles. The van der Waals surface area contributed by atoms with E-state index in [0.717, 1.165) is 5.33 Å². The Morgan fingerprint density at radius 3 is 1.80 bits per heavy atom. The Kier molecular flexibility index (Phi) is 29.9. The van der Waals surface area contributed by atoms with Crippen molar-refractivity contribution >= 4 is 52.1 Å². The summed E-state index contributed by atoms with van der Waals surface area (Å²) in [6.45, 7) is 21.8. The van der Waals surface area contributed by atoms with E-state index in [1.54, 1.807) is 39.8 Å². The average molecular weight is 758 g/mol. The monoisotopic (exact) mass is 756 g/mol. The third-order valence-corrected chi connectivity index (χ3v) is 5.76. The van der Waals surface area contributed by atoms with Gasteiger partial charge in [-0.3, -0.25) is 29.0 Å². The van der Waals surface area contributed by atoms with Gasteiger partial charge in [0.05, 0.1) is 19.7 Å². The second-order valence-electron chi connectivity index (χ2n) is 11.6. The number of hydrogen-bond acceptors (Lipinski definition) is 11. The molecule has 2 atom stereocenters. The summed E-state index contributed by atoms with van der Waals surface area (Å²) in [5.41, 5.74) is -1.65. The van der Waals surface area contributed by atoms with Crippen LogP contribution in [-0.2, 0) is 38.3 Å². The molecule has 0 spiro atoms. The van der Waals surface area contributed by atoms with Crippen LogP contribution in [0.15, 0.2) is 25.3 Å². The third-order valence-electron chi connectivity index (χ3n) is 5.30. The van der Waals surface area contributed by atoms with E-state index in [-0.39, 0.29) is 148 Å². The van der Waals surface area contributed by atoms with Crippen molar-refractivity contribution in [1.29, 1.82) is 0 Å². The van der Waals surface area contributed by atoms with Crippen LogP contribution in [0, 0.1) is 11.3 Å². The maximum Gasteiger partial charge on any atom is 1.00 e. The first-order valence-electron chi connectivity index (χ1n) is 13.4. The van der Waals surface area contributed by atoms with Gasteiger partial charge in [-0.1, -0.05) is 35.0 Å². The van der Waals surface area contributed by atoms with Gasteiger partial charge in [0.25, 0.3) is 6.47 Å². The van der Waals surface area contributed by atoms with Crippen LogP contribution in [0.3, 0.4) is 0 Å². The Morgan fingerprint density at radius 1 is 1.00 bits per heavy atom. The molecule has 248 valence electrons. The Hall–Kier alpha value is 0.0127. The van der Waals surface area contributed by atoms with Crippen LogP contribution < -0.4 is 108 Å². The van der Waals surface area contributed by atoms with Gasteiger partial charge in [0.15, 0.2) is 11.6 Å². The predicted octanol–water partition coefficient (Wildman–Crippen LogP) is -2.50.